The second kappa shape index (κ2) is 5.09. The zero-order chi connectivity index (χ0) is 14.0. The zero-order valence-electron chi connectivity index (χ0n) is 11.4. The minimum absolute atomic E-state index is 0.561. The van der Waals surface area contributed by atoms with E-state index in [2.05, 4.69) is 4.98 Å². The predicted molar refractivity (Wildman–Crippen MR) is 72.7 cm³/mol. The molecule has 2 N–H and O–H groups in total. The first-order valence-corrected chi connectivity index (χ1v) is 5.69. The molecule has 6 heteroatoms. The number of rotatable bonds is 4. The first-order valence-electron chi connectivity index (χ1n) is 5.69. The molecule has 0 aliphatic heterocycles. The molecular weight excluding hydrogens is 246 g/mol. The molecule has 0 unspecified atom stereocenters. The molecule has 0 spiro atoms. The Balaban J connectivity index is 2.65. The maximum absolute atomic E-state index is 5.99. The van der Waals surface area contributed by atoms with Gasteiger partial charge in [-0.05, 0) is 6.07 Å². The van der Waals surface area contributed by atoms with Gasteiger partial charge in [-0.25, -0.2) is 4.98 Å². The Morgan fingerprint density at radius 3 is 2.05 bits per heavy atom. The van der Waals surface area contributed by atoms with E-state index in [1.807, 2.05) is 7.05 Å². The van der Waals surface area contributed by atoms with Crippen molar-refractivity contribution in [3.63, 3.8) is 0 Å². The molecule has 0 aliphatic rings. The van der Waals surface area contributed by atoms with E-state index in [0.29, 0.717) is 28.8 Å². The highest BCUT2D eigenvalue weighted by molar-refractivity contribution is 5.78. The number of hydrogen-bond acceptors (Lipinski definition) is 5. The summed E-state index contributed by atoms with van der Waals surface area (Å²) in [5.74, 6) is 2.38. The maximum atomic E-state index is 5.99. The summed E-state index contributed by atoms with van der Waals surface area (Å²) in [6, 6.07) is 3.55. The van der Waals surface area contributed by atoms with E-state index >= 15 is 0 Å². The number of aromatic nitrogens is 2. The average Bonchev–Trinajstić information content (AvgIpc) is 2.77. The third-order valence-electron chi connectivity index (χ3n) is 2.94. The Hall–Kier alpha value is -2.37. The molecule has 1 heterocycles. The third-order valence-corrected chi connectivity index (χ3v) is 2.94. The van der Waals surface area contributed by atoms with Crippen LogP contribution in [0, 0.1) is 0 Å². The van der Waals surface area contributed by atoms with Gasteiger partial charge < -0.3 is 24.5 Å². The summed E-state index contributed by atoms with van der Waals surface area (Å²) in [4.78, 5) is 4.29. The van der Waals surface area contributed by atoms with Crippen molar-refractivity contribution in [1.29, 1.82) is 0 Å². The van der Waals surface area contributed by atoms with Crippen molar-refractivity contribution in [3.8, 4) is 28.5 Å². The number of nitrogens with two attached hydrogens (primary N) is 1. The summed E-state index contributed by atoms with van der Waals surface area (Å²) >= 11 is 0. The number of anilines is 1. The fourth-order valence-corrected chi connectivity index (χ4v) is 1.86. The van der Waals surface area contributed by atoms with Crippen molar-refractivity contribution >= 4 is 5.82 Å². The Labute approximate surface area is 111 Å². The largest absolute Gasteiger partial charge is 0.496 e. The molecule has 0 saturated heterocycles. The van der Waals surface area contributed by atoms with Crippen molar-refractivity contribution in [2.75, 3.05) is 27.1 Å². The quantitative estimate of drug-likeness (QED) is 0.909. The molecule has 0 aliphatic carbocycles. The number of ether oxygens (including phenoxy) is 3. The Kier molecular flexibility index (Phi) is 3.50. The molecule has 102 valence electrons. The van der Waals surface area contributed by atoms with Crippen molar-refractivity contribution < 1.29 is 14.2 Å². The third kappa shape index (κ3) is 2.16. The maximum Gasteiger partial charge on any atom is 0.164 e. The fraction of sp³-hybridized carbons (Fsp3) is 0.308. The van der Waals surface area contributed by atoms with Crippen LogP contribution in [0.4, 0.5) is 5.82 Å². The minimum atomic E-state index is 0.561. The fourth-order valence-electron chi connectivity index (χ4n) is 1.86. The Morgan fingerprint density at radius 2 is 1.58 bits per heavy atom. The molecule has 0 amide bonds. The molecular formula is C13H17N3O3. The number of aryl methyl sites for hydroxylation is 1. The highest BCUT2D eigenvalue weighted by Gasteiger charge is 2.17. The van der Waals surface area contributed by atoms with E-state index in [1.165, 1.54) is 0 Å². The number of benzene rings is 1. The van der Waals surface area contributed by atoms with Gasteiger partial charge in [0.05, 0.1) is 27.7 Å². The highest BCUT2D eigenvalue weighted by Crippen LogP contribution is 2.40. The summed E-state index contributed by atoms with van der Waals surface area (Å²) < 4.78 is 17.6. The molecule has 1 aromatic heterocycles. The van der Waals surface area contributed by atoms with Crippen molar-refractivity contribution in [2.24, 2.45) is 7.05 Å². The van der Waals surface area contributed by atoms with E-state index in [9.17, 15) is 0 Å². The zero-order valence-corrected chi connectivity index (χ0v) is 11.4. The summed E-state index contributed by atoms with van der Waals surface area (Å²) in [6.45, 7) is 0. The molecule has 1 aromatic carbocycles. The average molecular weight is 263 g/mol. The van der Waals surface area contributed by atoms with E-state index < -0.39 is 0 Å². The van der Waals surface area contributed by atoms with E-state index in [1.54, 1.807) is 44.4 Å². The molecule has 0 radical (unpaired) electrons. The summed E-state index contributed by atoms with van der Waals surface area (Å²) in [7, 11) is 6.57. The van der Waals surface area contributed by atoms with Gasteiger partial charge in [-0.1, -0.05) is 0 Å². The van der Waals surface area contributed by atoms with E-state index in [0.717, 1.165) is 5.56 Å². The molecule has 0 fully saturated rings. The van der Waals surface area contributed by atoms with Gasteiger partial charge in [0.1, 0.15) is 17.3 Å². The first-order chi connectivity index (χ1) is 9.12. The van der Waals surface area contributed by atoms with Crippen molar-refractivity contribution in [3.05, 3.63) is 18.5 Å². The Bertz CT molecular complexity index is 593. The predicted octanol–water partition coefficient (Wildman–Crippen LogP) is 1.70. The van der Waals surface area contributed by atoms with Gasteiger partial charge in [-0.2, -0.15) is 0 Å². The minimum Gasteiger partial charge on any atom is -0.496 e. The summed E-state index contributed by atoms with van der Waals surface area (Å²) in [5, 5.41) is 0. The summed E-state index contributed by atoms with van der Waals surface area (Å²) in [6.07, 6.45) is 1.65. The van der Waals surface area contributed by atoms with Crippen LogP contribution in [-0.4, -0.2) is 30.9 Å². The standard InChI is InChI=1S/C13H17N3O3/c1-16-7-15-12(13(16)14)8-5-10(18-3)11(19-4)6-9(8)17-2/h5-7H,14H2,1-4H3. The van der Waals surface area contributed by atoms with Crippen LogP contribution in [-0.2, 0) is 7.05 Å². The normalized spacial score (nSPS) is 10.3. The van der Waals surface area contributed by atoms with Gasteiger partial charge in [0.15, 0.2) is 11.5 Å². The van der Waals surface area contributed by atoms with E-state index in [-0.39, 0.29) is 0 Å². The molecule has 2 rings (SSSR count). The van der Waals surface area contributed by atoms with Gasteiger partial charge >= 0.3 is 0 Å². The molecule has 6 nitrogen and oxygen atoms in total. The lowest BCUT2D eigenvalue weighted by atomic mass is 10.1. The van der Waals surface area contributed by atoms with Crippen LogP contribution in [0.25, 0.3) is 11.3 Å². The number of nitrogen functional groups attached to an aromatic ring is 1. The van der Waals surface area contributed by atoms with Crippen LogP contribution >= 0.6 is 0 Å². The van der Waals surface area contributed by atoms with Crippen LogP contribution in [0.5, 0.6) is 17.2 Å². The lowest BCUT2D eigenvalue weighted by Gasteiger charge is -2.13. The lowest BCUT2D eigenvalue weighted by molar-refractivity contribution is 0.349. The van der Waals surface area contributed by atoms with Crippen LogP contribution in [0.15, 0.2) is 18.5 Å². The molecule has 2 aromatic rings. The molecule has 0 atom stereocenters. The Morgan fingerprint density at radius 1 is 1.00 bits per heavy atom. The number of nitrogens with zero attached hydrogens (tertiary/aromatic N) is 2. The van der Waals surface area contributed by atoms with Gasteiger partial charge in [0.25, 0.3) is 0 Å². The van der Waals surface area contributed by atoms with Crippen LogP contribution in [0.3, 0.4) is 0 Å². The highest BCUT2D eigenvalue weighted by atomic mass is 16.5. The van der Waals surface area contributed by atoms with Crippen LogP contribution in [0.1, 0.15) is 0 Å². The van der Waals surface area contributed by atoms with Crippen molar-refractivity contribution in [2.45, 2.75) is 0 Å². The lowest BCUT2D eigenvalue weighted by Crippen LogP contribution is -1.98. The summed E-state index contributed by atoms with van der Waals surface area (Å²) in [5.41, 5.74) is 7.41. The first kappa shape index (κ1) is 13.1. The number of methoxy groups -OCH3 is 3. The SMILES string of the molecule is COc1cc(OC)c(-c2ncn(C)c2N)cc1OC. The van der Waals surface area contributed by atoms with Crippen LogP contribution in [0.2, 0.25) is 0 Å². The van der Waals surface area contributed by atoms with Gasteiger partial charge in [-0.3, -0.25) is 0 Å². The molecule has 0 bridgehead atoms. The monoisotopic (exact) mass is 263 g/mol. The number of imidazole rings is 1. The van der Waals surface area contributed by atoms with Crippen LogP contribution < -0.4 is 19.9 Å². The topological polar surface area (TPSA) is 71.5 Å². The second-order valence-corrected chi connectivity index (χ2v) is 4.00. The smallest absolute Gasteiger partial charge is 0.164 e. The van der Waals surface area contributed by atoms with Gasteiger partial charge in [0, 0.05) is 18.7 Å². The molecule has 0 saturated carbocycles. The molecule has 19 heavy (non-hydrogen) atoms. The number of hydrogen-bond donors (Lipinski definition) is 1. The van der Waals surface area contributed by atoms with Crippen molar-refractivity contribution in [1.82, 2.24) is 9.55 Å². The van der Waals surface area contributed by atoms with E-state index in [4.69, 9.17) is 19.9 Å². The van der Waals surface area contributed by atoms with Gasteiger partial charge in [0.2, 0.25) is 0 Å². The second-order valence-electron chi connectivity index (χ2n) is 4.00. The van der Waals surface area contributed by atoms with Gasteiger partial charge in [-0.15, -0.1) is 0 Å².